The van der Waals surface area contributed by atoms with Crippen molar-refractivity contribution in [3.63, 3.8) is 0 Å². The van der Waals surface area contributed by atoms with Crippen LogP contribution in [0, 0.1) is 20.8 Å². The molecule has 2 rings (SSSR count). The van der Waals surface area contributed by atoms with Crippen molar-refractivity contribution in [2.45, 2.75) is 32.0 Å². The SMILES string of the molecule is Cc1ccc(CC(Br)c2cc(C)oc2C)nc1. The predicted octanol–water partition coefficient (Wildman–Crippen LogP) is 4.28. The fourth-order valence-electron chi connectivity index (χ4n) is 1.87. The Kier molecular flexibility index (Phi) is 3.67. The van der Waals surface area contributed by atoms with Gasteiger partial charge in [0.2, 0.25) is 0 Å². The van der Waals surface area contributed by atoms with Crippen LogP contribution in [-0.2, 0) is 6.42 Å². The zero-order valence-corrected chi connectivity index (χ0v) is 11.9. The molecule has 0 aliphatic heterocycles. The molecule has 17 heavy (non-hydrogen) atoms. The van der Waals surface area contributed by atoms with Gasteiger partial charge in [0.15, 0.2) is 0 Å². The molecule has 0 aliphatic carbocycles. The minimum Gasteiger partial charge on any atom is -0.466 e. The second-order valence-corrected chi connectivity index (χ2v) is 5.47. The summed E-state index contributed by atoms with van der Waals surface area (Å²) in [6, 6.07) is 6.25. The van der Waals surface area contributed by atoms with Gasteiger partial charge in [0.1, 0.15) is 11.5 Å². The van der Waals surface area contributed by atoms with Gasteiger partial charge >= 0.3 is 0 Å². The third-order valence-corrected chi connectivity index (χ3v) is 3.59. The Morgan fingerprint density at radius 2 is 2.06 bits per heavy atom. The molecule has 2 nitrogen and oxygen atoms in total. The fourth-order valence-corrected chi connectivity index (χ4v) is 2.66. The lowest BCUT2D eigenvalue weighted by Gasteiger charge is -2.08. The van der Waals surface area contributed by atoms with Crippen LogP contribution in [0.2, 0.25) is 0 Å². The number of halogens is 1. The topological polar surface area (TPSA) is 26.0 Å². The van der Waals surface area contributed by atoms with Crippen LogP contribution in [0.3, 0.4) is 0 Å². The highest BCUT2D eigenvalue weighted by Gasteiger charge is 2.15. The molecule has 1 unspecified atom stereocenters. The quantitative estimate of drug-likeness (QED) is 0.790. The van der Waals surface area contributed by atoms with Crippen molar-refractivity contribution in [3.8, 4) is 0 Å². The summed E-state index contributed by atoms with van der Waals surface area (Å²) in [5.74, 6) is 1.94. The molecule has 2 aromatic heterocycles. The zero-order chi connectivity index (χ0) is 12.4. The summed E-state index contributed by atoms with van der Waals surface area (Å²) < 4.78 is 5.54. The average molecular weight is 294 g/mol. The second-order valence-electron chi connectivity index (χ2n) is 4.37. The van der Waals surface area contributed by atoms with Crippen LogP contribution in [0.15, 0.2) is 28.8 Å². The Morgan fingerprint density at radius 3 is 2.59 bits per heavy atom. The van der Waals surface area contributed by atoms with Crippen molar-refractivity contribution in [1.82, 2.24) is 4.98 Å². The number of furan rings is 1. The number of hydrogen-bond acceptors (Lipinski definition) is 2. The minimum atomic E-state index is 0.259. The monoisotopic (exact) mass is 293 g/mol. The van der Waals surface area contributed by atoms with Gasteiger partial charge in [-0.05, 0) is 38.5 Å². The molecule has 2 heterocycles. The maximum Gasteiger partial charge on any atom is 0.105 e. The molecular formula is C14H16BrNO. The average Bonchev–Trinajstić information content (AvgIpc) is 2.61. The lowest BCUT2D eigenvalue weighted by atomic mass is 10.1. The molecule has 0 saturated heterocycles. The van der Waals surface area contributed by atoms with E-state index >= 15 is 0 Å². The Balaban J connectivity index is 2.14. The van der Waals surface area contributed by atoms with Crippen molar-refractivity contribution >= 4 is 15.9 Å². The Hall–Kier alpha value is -1.09. The summed E-state index contributed by atoms with van der Waals surface area (Å²) in [6.45, 7) is 6.02. The van der Waals surface area contributed by atoms with E-state index in [1.165, 1.54) is 11.1 Å². The highest BCUT2D eigenvalue weighted by Crippen LogP contribution is 2.30. The summed E-state index contributed by atoms with van der Waals surface area (Å²) in [6.07, 6.45) is 2.78. The molecule has 1 atom stereocenters. The molecule has 0 bridgehead atoms. The maximum absolute atomic E-state index is 5.54. The summed E-state index contributed by atoms with van der Waals surface area (Å²) in [5, 5.41) is 0. The van der Waals surface area contributed by atoms with Crippen LogP contribution in [0.1, 0.15) is 33.2 Å². The van der Waals surface area contributed by atoms with Crippen LogP contribution in [-0.4, -0.2) is 4.98 Å². The first-order valence-corrected chi connectivity index (χ1v) is 6.60. The molecule has 2 aromatic rings. The van der Waals surface area contributed by atoms with Gasteiger partial charge in [-0.15, -0.1) is 0 Å². The molecule has 90 valence electrons. The predicted molar refractivity (Wildman–Crippen MR) is 72.5 cm³/mol. The molecule has 0 fully saturated rings. The van der Waals surface area contributed by atoms with Crippen LogP contribution in [0.25, 0.3) is 0 Å². The van der Waals surface area contributed by atoms with E-state index in [-0.39, 0.29) is 4.83 Å². The van der Waals surface area contributed by atoms with Gasteiger partial charge < -0.3 is 4.42 Å². The number of pyridine rings is 1. The van der Waals surface area contributed by atoms with Gasteiger partial charge in [-0.25, -0.2) is 0 Å². The van der Waals surface area contributed by atoms with Crippen LogP contribution >= 0.6 is 15.9 Å². The highest BCUT2D eigenvalue weighted by atomic mass is 79.9. The summed E-state index contributed by atoms with van der Waals surface area (Å²) in [7, 11) is 0. The van der Waals surface area contributed by atoms with Crippen molar-refractivity contribution in [2.24, 2.45) is 0 Å². The van der Waals surface area contributed by atoms with Gasteiger partial charge in [-0.3, -0.25) is 4.98 Å². The molecule has 0 aromatic carbocycles. The van der Waals surface area contributed by atoms with Crippen LogP contribution < -0.4 is 0 Å². The van der Waals surface area contributed by atoms with Gasteiger partial charge in [-0.1, -0.05) is 22.0 Å². The van der Waals surface area contributed by atoms with Gasteiger partial charge in [0.05, 0.1) is 0 Å². The third-order valence-electron chi connectivity index (χ3n) is 2.78. The first-order chi connectivity index (χ1) is 8.06. The molecule has 0 radical (unpaired) electrons. The van der Waals surface area contributed by atoms with E-state index in [0.717, 1.165) is 23.6 Å². The van der Waals surface area contributed by atoms with E-state index in [1.807, 2.05) is 27.0 Å². The molecular weight excluding hydrogens is 278 g/mol. The van der Waals surface area contributed by atoms with E-state index in [4.69, 9.17) is 4.42 Å². The van der Waals surface area contributed by atoms with Crippen molar-refractivity contribution < 1.29 is 4.42 Å². The van der Waals surface area contributed by atoms with E-state index in [2.05, 4.69) is 39.1 Å². The second kappa shape index (κ2) is 5.05. The number of rotatable bonds is 3. The lowest BCUT2D eigenvalue weighted by Crippen LogP contribution is -1.98. The van der Waals surface area contributed by atoms with Crippen LogP contribution in [0.5, 0.6) is 0 Å². The van der Waals surface area contributed by atoms with E-state index in [9.17, 15) is 0 Å². The largest absolute Gasteiger partial charge is 0.466 e. The highest BCUT2D eigenvalue weighted by molar-refractivity contribution is 9.09. The maximum atomic E-state index is 5.54. The van der Waals surface area contributed by atoms with Gasteiger partial charge in [-0.2, -0.15) is 0 Å². The molecule has 0 aliphatic rings. The Morgan fingerprint density at radius 1 is 1.29 bits per heavy atom. The number of aromatic nitrogens is 1. The van der Waals surface area contributed by atoms with E-state index in [1.54, 1.807) is 0 Å². The standard InChI is InChI=1S/C14H16BrNO/c1-9-4-5-12(16-8-9)7-14(15)13-6-10(2)17-11(13)3/h4-6,8,14H,7H2,1-3H3. The first-order valence-electron chi connectivity index (χ1n) is 5.69. The smallest absolute Gasteiger partial charge is 0.105 e. The third kappa shape index (κ3) is 2.97. The first kappa shape index (κ1) is 12.4. The summed E-state index contributed by atoms with van der Waals surface area (Å²) in [5.41, 5.74) is 3.50. The van der Waals surface area contributed by atoms with Gasteiger partial charge in [0.25, 0.3) is 0 Å². The molecule has 0 amide bonds. The lowest BCUT2D eigenvalue weighted by molar-refractivity contribution is 0.501. The van der Waals surface area contributed by atoms with Gasteiger partial charge in [0, 0.05) is 28.7 Å². The molecule has 0 saturated carbocycles. The number of nitrogens with zero attached hydrogens (tertiary/aromatic N) is 1. The minimum absolute atomic E-state index is 0.259. The van der Waals surface area contributed by atoms with Crippen molar-refractivity contribution in [1.29, 1.82) is 0 Å². The Labute approximate surface area is 110 Å². The number of hydrogen-bond donors (Lipinski definition) is 0. The number of aryl methyl sites for hydroxylation is 3. The van der Waals surface area contributed by atoms with Crippen molar-refractivity contribution in [3.05, 3.63) is 52.7 Å². The van der Waals surface area contributed by atoms with Crippen molar-refractivity contribution in [2.75, 3.05) is 0 Å². The Bertz CT molecular complexity index is 501. The normalized spacial score (nSPS) is 12.7. The van der Waals surface area contributed by atoms with E-state index < -0.39 is 0 Å². The zero-order valence-electron chi connectivity index (χ0n) is 10.3. The summed E-state index contributed by atoms with van der Waals surface area (Å²) in [4.78, 5) is 4.68. The van der Waals surface area contributed by atoms with E-state index in [0.29, 0.717) is 0 Å². The molecule has 3 heteroatoms. The number of alkyl halides is 1. The fraction of sp³-hybridized carbons (Fsp3) is 0.357. The van der Waals surface area contributed by atoms with Crippen LogP contribution in [0.4, 0.5) is 0 Å². The summed E-state index contributed by atoms with van der Waals surface area (Å²) >= 11 is 3.71. The molecule has 0 N–H and O–H groups in total. The molecule has 0 spiro atoms.